The van der Waals surface area contributed by atoms with Crippen LogP contribution < -0.4 is 0 Å². The van der Waals surface area contributed by atoms with E-state index in [9.17, 15) is 13.9 Å². The molecule has 5 heteroatoms. The van der Waals surface area contributed by atoms with Crippen molar-refractivity contribution >= 4 is 11.0 Å². The molecule has 0 unspecified atom stereocenters. The van der Waals surface area contributed by atoms with Gasteiger partial charge >= 0.3 is 0 Å². The molecule has 1 heterocycles. The summed E-state index contributed by atoms with van der Waals surface area (Å²) < 4.78 is 26.7. The number of hydrogen-bond acceptors (Lipinski definition) is 2. The van der Waals surface area contributed by atoms with E-state index in [1.54, 1.807) is 0 Å². The molecule has 0 spiro atoms. The lowest BCUT2D eigenvalue weighted by molar-refractivity contribution is 0.471. The van der Waals surface area contributed by atoms with Crippen molar-refractivity contribution in [2.24, 2.45) is 0 Å². The summed E-state index contributed by atoms with van der Waals surface area (Å²) in [5.41, 5.74) is 0.941. The molecule has 2 aromatic carbocycles. The van der Waals surface area contributed by atoms with E-state index in [0.717, 1.165) is 0 Å². The van der Waals surface area contributed by atoms with E-state index in [1.165, 1.54) is 36.4 Å². The van der Waals surface area contributed by atoms with E-state index in [2.05, 4.69) is 9.97 Å². The number of phenols is 1. The van der Waals surface area contributed by atoms with Gasteiger partial charge in [0, 0.05) is 0 Å². The van der Waals surface area contributed by atoms with Crippen LogP contribution in [0.25, 0.3) is 22.4 Å². The van der Waals surface area contributed by atoms with Crippen LogP contribution in [0.4, 0.5) is 8.78 Å². The van der Waals surface area contributed by atoms with Crippen LogP contribution in [0.5, 0.6) is 5.75 Å². The molecule has 0 radical (unpaired) electrons. The maximum Gasteiger partial charge on any atom is 0.145 e. The van der Waals surface area contributed by atoms with Gasteiger partial charge in [0.05, 0.1) is 16.6 Å². The first-order valence-electron chi connectivity index (χ1n) is 5.28. The summed E-state index contributed by atoms with van der Waals surface area (Å²) in [6.07, 6.45) is 0. The lowest BCUT2D eigenvalue weighted by Crippen LogP contribution is -1.86. The average Bonchev–Trinajstić information content (AvgIpc) is 2.71. The highest BCUT2D eigenvalue weighted by atomic mass is 19.1. The Morgan fingerprint density at radius 3 is 2.72 bits per heavy atom. The Bertz CT molecular complexity index is 717. The second kappa shape index (κ2) is 3.80. The third-order valence-corrected chi connectivity index (χ3v) is 2.67. The number of aromatic hydroxyl groups is 1. The monoisotopic (exact) mass is 246 g/mol. The fourth-order valence-corrected chi connectivity index (χ4v) is 1.85. The number of benzene rings is 2. The molecule has 0 aliphatic heterocycles. The Morgan fingerprint density at radius 1 is 1.11 bits per heavy atom. The lowest BCUT2D eigenvalue weighted by atomic mass is 10.2. The lowest BCUT2D eigenvalue weighted by Gasteiger charge is -2.01. The van der Waals surface area contributed by atoms with Crippen LogP contribution in [-0.4, -0.2) is 15.1 Å². The number of hydrogen-bond donors (Lipinski definition) is 2. The number of aromatic amines is 1. The van der Waals surface area contributed by atoms with Gasteiger partial charge in [-0.05, 0) is 30.3 Å². The van der Waals surface area contributed by atoms with Gasteiger partial charge in [0.25, 0.3) is 0 Å². The second-order valence-corrected chi connectivity index (χ2v) is 3.88. The van der Waals surface area contributed by atoms with Crippen molar-refractivity contribution in [3.8, 4) is 17.1 Å². The van der Waals surface area contributed by atoms with Crippen molar-refractivity contribution in [2.75, 3.05) is 0 Å². The zero-order chi connectivity index (χ0) is 12.7. The Hall–Kier alpha value is -2.43. The number of phenolic OH excluding ortho intramolecular Hbond substituents is 1. The molecule has 0 saturated heterocycles. The molecule has 3 rings (SSSR count). The minimum atomic E-state index is -0.588. The van der Waals surface area contributed by atoms with Gasteiger partial charge in [-0.25, -0.2) is 13.8 Å². The number of imidazole rings is 1. The number of nitrogens with zero attached hydrogens (tertiary/aromatic N) is 1. The van der Waals surface area contributed by atoms with Crippen LogP contribution in [0.1, 0.15) is 0 Å². The highest BCUT2D eigenvalue weighted by Crippen LogP contribution is 2.30. The predicted octanol–water partition coefficient (Wildman–Crippen LogP) is 3.21. The predicted molar refractivity (Wildman–Crippen MR) is 63.1 cm³/mol. The van der Waals surface area contributed by atoms with Gasteiger partial charge in [-0.2, -0.15) is 0 Å². The van der Waals surface area contributed by atoms with Gasteiger partial charge < -0.3 is 10.1 Å². The molecule has 3 aromatic rings. The molecule has 90 valence electrons. The highest BCUT2D eigenvalue weighted by Gasteiger charge is 2.14. The van der Waals surface area contributed by atoms with Crippen molar-refractivity contribution in [1.82, 2.24) is 9.97 Å². The molecule has 0 bridgehead atoms. The Kier molecular flexibility index (Phi) is 2.26. The molecule has 0 amide bonds. The topological polar surface area (TPSA) is 48.9 Å². The fraction of sp³-hybridized carbons (Fsp3) is 0. The van der Waals surface area contributed by atoms with Crippen LogP contribution in [-0.2, 0) is 0 Å². The second-order valence-electron chi connectivity index (χ2n) is 3.88. The van der Waals surface area contributed by atoms with Crippen molar-refractivity contribution < 1.29 is 13.9 Å². The average molecular weight is 246 g/mol. The molecule has 0 atom stereocenters. The zero-order valence-corrected chi connectivity index (χ0v) is 9.11. The summed E-state index contributed by atoms with van der Waals surface area (Å²) in [5.74, 6) is -1.04. The maximum absolute atomic E-state index is 13.6. The van der Waals surface area contributed by atoms with Gasteiger partial charge in [-0.1, -0.05) is 6.07 Å². The third kappa shape index (κ3) is 1.60. The summed E-state index contributed by atoms with van der Waals surface area (Å²) in [7, 11) is 0. The first kappa shape index (κ1) is 10.7. The molecule has 0 fully saturated rings. The number of nitrogens with one attached hydrogen (secondary N) is 1. The van der Waals surface area contributed by atoms with E-state index in [4.69, 9.17) is 0 Å². The molecular formula is C13H8F2N2O. The third-order valence-electron chi connectivity index (χ3n) is 2.67. The van der Waals surface area contributed by atoms with Crippen molar-refractivity contribution in [1.29, 1.82) is 0 Å². The number of halogens is 2. The standard InChI is InChI=1S/C13H8F2N2O/c14-7-4-5-9-10(6-7)17-13(16-9)12-8(15)2-1-3-11(12)18/h1-6,18H,(H,16,17). The van der Waals surface area contributed by atoms with E-state index in [-0.39, 0.29) is 17.1 Å². The summed E-state index contributed by atoms with van der Waals surface area (Å²) in [5, 5.41) is 9.65. The summed E-state index contributed by atoms with van der Waals surface area (Å²) >= 11 is 0. The van der Waals surface area contributed by atoms with Gasteiger partial charge in [0.2, 0.25) is 0 Å². The van der Waals surface area contributed by atoms with E-state index in [1.807, 2.05) is 0 Å². The van der Waals surface area contributed by atoms with Gasteiger partial charge in [0.15, 0.2) is 0 Å². The van der Waals surface area contributed by atoms with Gasteiger partial charge in [-0.15, -0.1) is 0 Å². The van der Waals surface area contributed by atoms with Crippen LogP contribution in [0, 0.1) is 11.6 Å². The quantitative estimate of drug-likeness (QED) is 0.692. The Labute approximate surface area is 101 Å². The zero-order valence-electron chi connectivity index (χ0n) is 9.11. The van der Waals surface area contributed by atoms with Crippen molar-refractivity contribution in [3.05, 3.63) is 48.0 Å². The molecular weight excluding hydrogens is 238 g/mol. The molecule has 3 nitrogen and oxygen atoms in total. The van der Waals surface area contributed by atoms with Crippen LogP contribution in [0.3, 0.4) is 0 Å². The first-order chi connectivity index (χ1) is 8.65. The summed E-state index contributed by atoms with van der Waals surface area (Å²) in [6, 6.07) is 8.02. The molecule has 0 saturated carbocycles. The SMILES string of the molecule is Oc1cccc(F)c1-c1nc2ccc(F)cc2[nH]1. The van der Waals surface area contributed by atoms with E-state index < -0.39 is 11.6 Å². The minimum absolute atomic E-state index is 0.0193. The van der Waals surface area contributed by atoms with Gasteiger partial charge in [0.1, 0.15) is 23.2 Å². The summed E-state index contributed by atoms with van der Waals surface area (Å²) in [6.45, 7) is 0. The highest BCUT2D eigenvalue weighted by molar-refractivity contribution is 5.80. The smallest absolute Gasteiger partial charge is 0.145 e. The molecule has 2 N–H and O–H groups in total. The minimum Gasteiger partial charge on any atom is -0.507 e. The van der Waals surface area contributed by atoms with Crippen LogP contribution in [0.15, 0.2) is 36.4 Å². The molecule has 0 aliphatic rings. The van der Waals surface area contributed by atoms with Crippen molar-refractivity contribution in [3.63, 3.8) is 0 Å². The number of fused-ring (bicyclic) bond motifs is 1. The van der Waals surface area contributed by atoms with Crippen molar-refractivity contribution in [2.45, 2.75) is 0 Å². The number of aromatic nitrogens is 2. The van der Waals surface area contributed by atoms with Crippen LogP contribution >= 0.6 is 0 Å². The summed E-state index contributed by atoms with van der Waals surface area (Å²) in [4.78, 5) is 6.91. The molecule has 1 aromatic heterocycles. The van der Waals surface area contributed by atoms with Gasteiger partial charge in [-0.3, -0.25) is 0 Å². The maximum atomic E-state index is 13.6. The van der Waals surface area contributed by atoms with E-state index >= 15 is 0 Å². The van der Waals surface area contributed by atoms with E-state index in [0.29, 0.717) is 11.0 Å². The number of H-pyrrole nitrogens is 1. The van der Waals surface area contributed by atoms with Crippen LogP contribution in [0.2, 0.25) is 0 Å². The Balaban J connectivity index is 2.26. The molecule has 0 aliphatic carbocycles. The first-order valence-corrected chi connectivity index (χ1v) is 5.28. The molecule has 18 heavy (non-hydrogen) atoms. The number of rotatable bonds is 1. The fourth-order valence-electron chi connectivity index (χ4n) is 1.85. The largest absolute Gasteiger partial charge is 0.507 e. The normalized spacial score (nSPS) is 11.0. The Morgan fingerprint density at radius 2 is 1.94 bits per heavy atom.